The van der Waals surface area contributed by atoms with E-state index in [1.807, 2.05) is 40.8 Å². The molecule has 2 saturated carbocycles. The summed E-state index contributed by atoms with van der Waals surface area (Å²) in [6.07, 6.45) is 5.49. The number of benzene rings is 1. The number of aromatic nitrogens is 5. The Morgan fingerprint density at radius 3 is 2.57 bits per heavy atom. The van der Waals surface area contributed by atoms with E-state index in [4.69, 9.17) is 29.9 Å². The van der Waals surface area contributed by atoms with E-state index in [1.165, 1.54) is 12.8 Å². The van der Waals surface area contributed by atoms with Crippen molar-refractivity contribution < 1.29 is 23.8 Å². The molecule has 3 N–H and O–H groups in total. The normalized spacial score (nSPS) is 20.0. The molecular weight excluding hydrogens is 624 g/mol. The van der Waals surface area contributed by atoms with Crippen molar-refractivity contribution in [2.45, 2.75) is 44.3 Å². The van der Waals surface area contributed by atoms with Gasteiger partial charge in [0.1, 0.15) is 29.3 Å². The highest BCUT2D eigenvalue weighted by Gasteiger charge is 2.47. The van der Waals surface area contributed by atoms with Gasteiger partial charge in [-0.2, -0.15) is 0 Å². The predicted octanol–water partition coefficient (Wildman–Crippen LogP) is 4.83. The summed E-state index contributed by atoms with van der Waals surface area (Å²) in [7, 11) is 5.16. The Morgan fingerprint density at radius 1 is 1.02 bits per heavy atom. The molecule has 49 heavy (non-hydrogen) atoms. The van der Waals surface area contributed by atoms with Crippen molar-refractivity contribution in [3.63, 3.8) is 0 Å². The number of rotatable bonds is 10. The van der Waals surface area contributed by atoms with E-state index >= 15 is 0 Å². The number of imidazole rings is 1. The summed E-state index contributed by atoms with van der Waals surface area (Å²) in [4.78, 5) is 42.3. The second kappa shape index (κ2) is 12.5. The van der Waals surface area contributed by atoms with Crippen molar-refractivity contribution >= 4 is 39.9 Å². The summed E-state index contributed by atoms with van der Waals surface area (Å²) in [5.74, 6) is 2.69. The molecule has 2 amide bonds. The molecule has 3 fully saturated rings. The number of piperidine rings is 1. The number of ether oxygens (including phenoxy) is 3. The molecule has 3 atom stereocenters. The Kier molecular flexibility index (Phi) is 7.95. The molecule has 2 aliphatic carbocycles. The summed E-state index contributed by atoms with van der Waals surface area (Å²) in [5.41, 5.74) is 11.9. The van der Waals surface area contributed by atoms with Crippen molar-refractivity contribution in [2.75, 3.05) is 39.3 Å². The van der Waals surface area contributed by atoms with Crippen LogP contribution in [0.4, 0.5) is 10.6 Å². The van der Waals surface area contributed by atoms with Crippen LogP contribution in [0.25, 0.3) is 44.8 Å². The minimum Gasteiger partial charge on any atom is -0.494 e. The monoisotopic (exact) mass is 664 g/mol. The van der Waals surface area contributed by atoms with Crippen LogP contribution in [0, 0.1) is 11.8 Å². The summed E-state index contributed by atoms with van der Waals surface area (Å²) in [6.45, 7) is 2.00. The van der Waals surface area contributed by atoms with Gasteiger partial charge in [0.25, 0.3) is 5.91 Å². The fraction of sp³-hybridized carbons (Fsp3) is 0.417. The first-order valence-corrected chi connectivity index (χ1v) is 16.8. The summed E-state index contributed by atoms with van der Waals surface area (Å²) in [6, 6.07) is 13.6. The molecule has 2 bridgehead atoms. The van der Waals surface area contributed by atoms with Crippen LogP contribution in [0.1, 0.15) is 36.0 Å². The number of anilines is 1. The van der Waals surface area contributed by atoms with Crippen LogP contribution in [-0.2, 0) is 23.1 Å². The lowest BCUT2D eigenvalue weighted by molar-refractivity contribution is 0.0700. The zero-order valence-electron chi connectivity index (χ0n) is 27.9. The van der Waals surface area contributed by atoms with E-state index in [1.54, 1.807) is 26.5 Å². The zero-order chi connectivity index (χ0) is 33.8. The third kappa shape index (κ3) is 5.66. The van der Waals surface area contributed by atoms with E-state index in [2.05, 4.69) is 27.0 Å². The van der Waals surface area contributed by atoms with Gasteiger partial charge >= 0.3 is 6.09 Å². The molecule has 0 radical (unpaired) electrons. The maximum absolute atomic E-state index is 13.8. The van der Waals surface area contributed by atoms with Gasteiger partial charge in [-0.3, -0.25) is 10.1 Å². The van der Waals surface area contributed by atoms with Crippen LogP contribution < -0.4 is 15.8 Å². The van der Waals surface area contributed by atoms with Gasteiger partial charge < -0.3 is 34.0 Å². The van der Waals surface area contributed by atoms with Crippen LogP contribution in [0.3, 0.4) is 0 Å². The quantitative estimate of drug-likeness (QED) is 0.200. The Labute approximate surface area is 283 Å². The Hall–Kier alpha value is -5.01. The molecule has 4 aromatic heterocycles. The number of hydrogen-bond donors (Lipinski definition) is 2. The third-order valence-corrected chi connectivity index (χ3v) is 10.2. The number of carbonyl (C=O) groups is 2. The van der Waals surface area contributed by atoms with Gasteiger partial charge in [-0.15, -0.1) is 0 Å². The number of nitrogens with two attached hydrogens (primary N) is 1. The first-order valence-electron chi connectivity index (χ1n) is 16.8. The minimum absolute atomic E-state index is 0.0186. The number of likely N-dealkylation sites (tertiary alicyclic amines) is 1. The highest BCUT2D eigenvalue weighted by molar-refractivity contribution is 6.00. The molecule has 1 aromatic carbocycles. The molecule has 254 valence electrons. The zero-order valence-corrected chi connectivity index (χ0v) is 27.9. The number of fused-ring (bicyclic) bond motifs is 4. The molecule has 1 aliphatic heterocycles. The number of nitrogens with one attached hydrogen (secondary N) is 1. The number of hydrogen-bond acceptors (Lipinski definition) is 9. The maximum atomic E-state index is 13.8. The molecule has 13 heteroatoms. The highest BCUT2D eigenvalue weighted by Crippen LogP contribution is 2.40. The molecule has 5 aromatic rings. The smallest absolute Gasteiger partial charge is 0.412 e. The predicted molar refractivity (Wildman–Crippen MR) is 184 cm³/mol. The van der Waals surface area contributed by atoms with E-state index < -0.39 is 6.09 Å². The number of nitrogens with zero attached hydrogens (tertiary/aromatic N) is 6. The lowest BCUT2D eigenvalue weighted by Crippen LogP contribution is -2.41. The summed E-state index contributed by atoms with van der Waals surface area (Å²) < 4.78 is 20.1. The van der Waals surface area contributed by atoms with Gasteiger partial charge in [0.05, 0.1) is 30.6 Å². The second-order valence-electron chi connectivity index (χ2n) is 13.4. The van der Waals surface area contributed by atoms with Gasteiger partial charge in [-0.1, -0.05) is 0 Å². The van der Waals surface area contributed by atoms with E-state index in [0.29, 0.717) is 47.6 Å². The Balaban J connectivity index is 1.13. The van der Waals surface area contributed by atoms with Crippen LogP contribution in [0.15, 0.2) is 48.7 Å². The number of methoxy groups -OCH3 is 2. The second-order valence-corrected chi connectivity index (χ2v) is 13.4. The fourth-order valence-electron chi connectivity index (χ4n) is 7.46. The van der Waals surface area contributed by atoms with E-state index in [-0.39, 0.29) is 24.6 Å². The summed E-state index contributed by atoms with van der Waals surface area (Å²) >= 11 is 0. The lowest BCUT2D eigenvalue weighted by Gasteiger charge is -2.27. The third-order valence-electron chi connectivity index (χ3n) is 10.2. The number of pyridine rings is 2. The highest BCUT2D eigenvalue weighted by atomic mass is 16.6. The van der Waals surface area contributed by atoms with Crippen LogP contribution in [0.5, 0.6) is 5.75 Å². The number of aryl methyl sites for hydroxylation is 1. The molecule has 13 nitrogen and oxygen atoms in total. The van der Waals surface area contributed by atoms with Crippen LogP contribution in [-0.4, -0.2) is 87.0 Å². The Morgan fingerprint density at radius 2 is 1.88 bits per heavy atom. The van der Waals surface area contributed by atoms with Crippen molar-refractivity contribution in [3.8, 4) is 28.5 Å². The molecule has 0 unspecified atom stereocenters. The summed E-state index contributed by atoms with van der Waals surface area (Å²) in [5, 5.41) is 3.63. The van der Waals surface area contributed by atoms with Crippen molar-refractivity contribution in [1.82, 2.24) is 29.0 Å². The number of carbonyl (C=O) groups excluding carboxylic acids is 2. The van der Waals surface area contributed by atoms with Crippen molar-refractivity contribution in [3.05, 3.63) is 54.2 Å². The lowest BCUT2D eigenvalue weighted by atomic mass is 10.1. The average molecular weight is 665 g/mol. The van der Waals surface area contributed by atoms with Crippen LogP contribution in [0.2, 0.25) is 0 Å². The van der Waals surface area contributed by atoms with Gasteiger partial charge in [-0.25, -0.2) is 19.7 Å². The molecule has 8 rings (SSSR count). The SMILES string of the molecule is COCCOC(=O)Nc1ccc(-c2ccc3cc(-c4nc5cc(C(=O)N6C[C@H]7CC[C@@H]6[C@@H]7N)cc(OC)c5n4C)n(CC4CC4)c3n2)cn1. The van der Waals surface area contributed by atoms with Crippen molar-refractivity contribution in [2.24, 2.45) is 24.6 Å². The largest absolute Gasteiger partial charge is 0.494 e. The topological polar surface area (TPSA) is 152 Å². The molecular formula is C36H40N8O5. The molecule has 1 saturated heterocycles. The molecule has 0 spiro atoms. The first kappa shape index (κ1) is 31.3. The van der Waals surface area contributed by atoms with E-state index in [0.717, 1.165) is 58.7 Å². The number of amides is 2. The van der Waals surface area contributed by atoms with Gasteiger partial charge in [0.2, 0.25) is 0 Å². The maximum Gasteiger partial charge on any atom is 0.412 e. The Bertz CT molecular complexity index is 2070. The fourth-order valence-corrected chi connectivity index (χ4v) is 7.46. The van der Waals surface area contributed by atoms with Gasteiger partial charge in [-0.05, 0) is 80.0 Å². The van der Waals surface area contributed by atoms with Gasteiger partial charge in [0, 0.05) is 62.0 Å². The van der Waals surface area contributed by atoms with Crippen molar-refractivity contribution in [1.29, 1.82) is 0 Å². The molecule has 3 aliphatic rings. The minimum atomic E-state index is -0.590. The standard InChI is InChI=1S/C36H40N8O5/c1-42-32-26(14-24(16-29(32)48-3)35(45)44-19-23-7-10-27(44)31(23)37)40-34(42)28-15-21-6-9-25(39-33(21)43(28)18-20-4-5-20)22-8-11-30(38-17-22)41-36(46)49-13-12-47-2/h6,8-9,11,14-17,20,23,27,31H,4-5,7,10,12-13,18-19,37H2,1-3H3,(H,38,41,46)/t23-,27-,31-/m1/s1. The average Bonchev–Trinajstić information content (AvgIpc) is 3.51. The first-order chi connectivity index (χ1) is 23.8. The van der Waals surface area contributed by atoms with E-state index in [9.17, 15) is 9.59 Å². The van der Waals surface area contributed by atoms with Gasteiger partial charge in [0.15, 0.2) is 5.82 Å². The van der Waals surface area contributed by atoms with Crippen LogP contribution >= 0.6 is 0 Å². The molecule has 5 heterocycles.